The standard InChI is InChI=1S/C15H15BrO3/c16-10-5-3-9(4-6-10)13-11-2-1-7-15(19,14(11)18)12(13)8-17/h3-6,8,11-13,19H,1-2,7H2/t11-,12+,13-,15-/m0/s1. The number of aliphatic hydroxyl groups is 1. The summed E-state index contributed by atoms with van der Waals surface area (Å²) in [6, 6.07) is 7.69. The molecular weight excluding hydrogens is 308 g/mol. The van der Waals surface area contributed by atoms with Crippen LogP contribution in [-0.4, -0.2) is 22.8 Å². The molecule has 0 radical (unpaired) electrons. The maximum Gasteiger partial charge on any atom is 0.168 e. The third kappa shape index (κ3) is 1.81. The van der Waals surface area contributed by atoms with E-state index >= 15 is 0 Å². The number of aldehydes is 1. The molecule has 0 spiro atoms. The van der Waals surface area contributed by atoms with Crippen molar-refractivity contribution in [3.8, 4) is 0 Å². The van der Waals surface area contributed by atoms with Crippen LogP contribution in [0.2, 0.25) is 0 Å². The fourth-order valence-corrected chi connectivity index (χ4v) is 3.97. The highest BCUT2D eigenvalue weighted by Gasteiger charge is 2.61. The molecule has 2 saturated carbocycles. The lowest BCUT2D eigenvalue weighted by molar-refractivity contribution is -0.145. The van der Waals surface area contributed by atoms with Crippen molar-refractivity contribution in [2.75, 3.05) is 0 Å². The van der Waals surface area contributed by atoms with Gasteiger partial charge in [0.25, 0.3) is 0 Å². The van der Waals surface area contributed by atoms with Gasteiger partial charge in [0, 0.05) is 16.3 Å². The van der Waals surface area contributed by atoms with Gasteiger partial charge in [-0.15, -0.1) is 0 Å². The third-order valence-corrected chi connectivity index (χ3v) is 5.14. The summed E-state index contributed by atoms with van der Waals surface area (Å²) < 4.78 is 0.963. The van der Waals surface area contributed by atoms with Gasteiger partial charge in [-0.3, -0.25) is 4.79 Å². The van der Waals surface area contributed by atoms with Crippen molar-refractivity contribution >= 4 is 28.0 Å². The predicted octanol–water partition coefficient (Wildman–Crippen LogP) is 2.46. The lowest BCUT2D eigenvalue weighted by atomic mass is 9.82. The summed E-state index contributed by atoms with van der Waals surface area (Å²) in [4.78, 5) is 23.7. The second kappa shape index (κ2) is 4.53. The summed E-state index contributed by atoms with van der Waals surface area (Å²) in [5.41, 5.74) is -0.459. The Hall–Kier alpha value is -1.00. The minimum absolute atomic E-state index is 0.135. The molecule has 100 valence electrons. The molecule has 2 fully saturated rings. The van der Waals surface area contributed by atoms with E-state index in [9.17, 15) is 14.7 Å². The first kappa shape index (κ1) is 13.0. The molecule has 0 aliphatic heterocycles. The van der Waals surface area contributed by atoms with E-state index in [2.05, 4.69) is 15.9 Å². The monoisotopic (exact) mass is 322 g/mol. The first-order valence-corrected chi connectivity index (χ1v) is 7.34. The molecule has 0 amide bonds. The van der Waals surface area contributed by atoms with E-state index in [1.54, 1.807) is 0 Å². The fraction of sp³-hybridized carbons (Fsp3) is 0.467. The number of carbonyl (C=O) groups is 2. The van der Waals surface area contributed by atoms with Crippen LogP contribution in [0.15, 0.2) is 28.7 Å². The van der Waals surface area contributed by atoms with E-state index in [-0.39, 0.29) is 17.6 Å². The van der Waals surface area contributed by atoms with Crippen LogP contribution in [0, 0.1) is 11.8 Å². The first-order chi connectivity index (χ1) is 9.08. The number of fused-ring (bicyclic) bond motifs is 2. The number of hydrogen-bond acceptors (Lipinski definition) is 3. The highest BCUT2D eigenvalue weighted by molar-refractivity contribution is 9.10. The smallest absolute Gasteiger partial charge is 0.168 e. The molecule has 19 heavy (non-hydrogen) atoms. The van der Waals surface area contributed by atoms with Crippen LogP contribution in [0.25, 0.3) is 0 Å². The third-order valence-electron chi connectivity index (χ3n) is 4.61. The average molecular weight is 323 g/mol. The molecule has 1 N–H and O–H groups in total. The van der Waals surface area contributed by atoms with E-state index in [1.807, 2.05) is 24.3 Å². The van der Waals surface area contributed by atoms with E-state index in [0.29, 0.717) is 6.42 Å². The zero-order valence-corrected chi connectivity index (χ0v) is 12.0. The van der Waals surface area contributed by atoms with Gasteiger partial charge in [0.15, 0.2) is 5.78 Å². The molecule has 2 bridgehead atoms. The molecule has 4 heteroatoms. The number of rotatable bonds is 2. The SMILES string of the molecule is O=C[C@@H]1[C@@H](c2ccc(Br)cc2)[C@@H]2CCC[C@@]1(O)C2=O. The van der Waals surface area contributed by atoms with Crippen molar-refractivity contribution in [2.24, 2.45) is 11.8 Å². The number of ketones is 1. The Morgan fingerprint density at radius 2 is 2.00 bits per heavy atom. The Kier molecular flexibility index (Phi) is 3.10. The second-order valence-corrected chi connectivity index (χ2v) is 6.44. The summed E-state index contributed by atoms with van der Waals surface area (Å²) in [7, 11) is 0. The molecule has 3 rings (SSSR count). The van der Waals surface area contributed by atoms with Crippen molar-refractivity contribution in [3.63, 3.8) is 0 Å². The second-order valence-electron chi connectivity index (χ2n) is 5.53. The van der Waals surface area contributed by atoms with E-state index in [4.69, 9.17) is 0 Å². The summed E-state index contributed by atoms with van der Waals surface area (Å²) >= 11 is 3.38. The normalized spacial score (nSPS) is 37.4. The van der Waals surface area contributed by atoms with E-state index in [1.165, 1.54) is 0 Å². The molecule has 4 atom stereocenters. The highest BCUT2D eigenvalue weighted by Crippen LogP contribution is 2.53. The van der Waals surface area contributed by atoms with Crippen LogP contribution in [0.1, 0.15) is 30.7 Å². The summed E-state index contributed by atoms with van der Waals surface area (Å²) in [6.45, 7) is 0. The van der Waals surface area contributed by atoms with Crippen molar-refractivity contribution in [1.29, 1.82) is 0 Å². The summed E-state index contributed by atoms with van der Waals surface area (Å²) in [5.74, 6) is -1.13. The maximum absolute atomic E-state index is 12.3. The maximum atomic E-state index is 12.3. The first-order valence-electron chi connectivity index (χ1n) is 6.55. The van der Waals surface area contributed by atoms with Gasteiger partial charge >= 0.3 is 0 Å². The molecule has 2 aliphatic rings. The quantitative estimate of drug-likeness (QED) is 0.851. The lowest BCUT2D eigenvalue weighted by Crippen LogP contribution is -2.44. The van der Waals surface area contributed by atoms with Crippen molar-refractivity contribution < 1.29 is 14.7 Å². The number of hydrogen-bond donors (Lipinski definition) is 1. The van der Waals surface area contributed by atoms with E-state index in [0.717, 1.165) is 29.2 Å². The van der Waals surface area contributed by atoms with Crippen molar-refractivity contribution in [3.05, 3.63) is 34.3 Å². The average Bonchev–Trinajstić information content (AvgIpc) is 2.53. The number of Topliss-reactive ketones (excluding diaryl/α,β-unsaturated/α-hetero) is 1. The van der Waals surface area contributed by atoms with Crippen LogP contribution in [-0.2, 0) is 9.59 Å². The Morgan fingerprint density at radius 3 is 2.63 bits per heavy atom. The van der Waals surface area contributed by atoms with E-state index < -0.39 is 11.5 Å². The number of benzene rings is 1. The van der Waals surface area contributed by atoms with Gasteiger partial charge in [-0.05, 0) is 37.0 Å². The number of carbonyl (C=O) groups excluding carboxylic acids is 2. The minimum atomic E-state index is -1.43. The zero-order valence-electron chi connectivity index (χ0n) is 10.4. The number of halogens is 1. The Morgan fingerprint density at radius 1 is 1.32 bits per heavy atom. The highest BCUT2D eigenvalue weighted by atomic mass is 79.9. The van der Waals surface area contributed by atoms with Crippen LogP contribution in [0.5, 0.6) is 0 Å². The van der Waals surface area contributed by atoms with Gasteiger partial charge in [-0.2, -0.15) is 0 Å². The molecule has 2 aliphatic carbocycles. The van der Waals surface area contributed by atoms with Crippen molar-refractivity contribution in [1.82, 2.24) is 0 Å². The molecule has 1 aromatic rings. The Labute approximate surface area is 120 Å². The Balaban J connectivity index is 2.07. The minimum Gasteiger partial charge on any atom is -0.381 e. The van der Waals surface area contributed by atoms with Gasteiger partial charge in [0.2, 0.25) is 0 Å². The van der Waals surface area contributed by atoms with Crippen LogP contribution < -0.4 is 0 Å². The van der Waals surface area contributed by atoms with Gasteiger partial charge < -0.3 is 9.90 Å². The molecule has 0 aromatic heterocycles. The topological polar surface area (TPSA) is 54.4 Å². The summed E-state index contributed by atoms with van der Waals surface area (Å²) in [6.07, 6.45) is 2.77. The Bertz CT molecular complexity index is 525. The van der Waals surface area contributed by atoms with Gasteiger partial charge in [0.05, 0.1) is 5.92 Å². The zero-order chi connectivity index (χ0) is 13.6. The van der Waals surface area contributed by atoms with Crippen molar-refractivity contribution in [2.45, 2.75) is 30.8 Å². The van der Waals surface area contributed by atoms with Gasteiger partial charge in [-0.1, -0.05) is 28.1 Å². The molecule has 3 nitrogen and oxygen atoms in total. The van der Waals surface area contributed by atoms with Crippen LogP contribution >= 0.6 is 15.9 Å². The molecule has 0 saturated heterocycles. The fourth-order valence-electron chi connectivity index (χ4n) is 3.71. The van der Waals surface area contributed by atoms with Crippen LogP contribution in [0.4, 0.5) is 0 Å². The molecule has 1 aromatic carbocycles. The molecule has 0 heterocycles. The van der Waals surface area contributed by atoms with Crippen LogP contribution in [0.3, 0.4) is 0 Å². The lowest BCUT2D eigenvalue weighted by Gasteiger charge is -2.28. The van der Waals surface area contributed by atoms with Gasteiger partial charge in [-0.25, -0.2) is 0 Å². The molecular formula is C15H15BrO3. The van der Waals surface area contributed by atoms with Gasteiger partial charge in [0.1, 0.15) is 11.9 Å². The predicted molar refractivity (Wildman–Crippen MR) is 73.7 cm³/mol. The molecule has 0 unspecified atom stereocenters. The summed E-state index contributed by atoms with van der Waals surface area (Å²) in [5, 5.41) is 10.5. The largest absolute Gasteiger partial charge is 0.381 e.